The van der Waals surface area contributed by atoms with Crippen molar-refractivity contribution in [2.75, 3.05) is 19.6 Å². The van der Waals surface area contributed by atoms with Crippen LogP contribution in [0.5, 0.6) is 5.75 Å². The molecule has 0 amide bonds. The summed E-state index contributed by atoms with van der Waals surface area (Å²) in [4.78, 5) is 15.8. The van der Waals surface area contributed by atoms with Crippen molar-refractivity contribution in [1.29, 1.82) is 5.26 Å². The van der Waals surface area contributed by atoms with E-state index in [4.69, 9.17) is 4.98 Å². The van der Waals surface area contributed by atoms with E-state index in [1.54, 1.807) is 18.3 Å². The zero-order valence-corrected chi connectivity index (χ0v) is 18.0. The third-order valence-corrected chi connectivity index (χ3v) is 6.55. The number of pyridine rings is 1. The van der Waals surface area contributed by atoms with Crippen LogP contribution in [0.2, 0.25) is 0 Å². The van der Waals surface area contributed by atoms with Crippen LogP contribution in [-0.2, 0) is 0 Å². The number of aromatic hydroxyl groups is 1. The number of hydrogen-bond donors (Lipinski definition) is 2. The molecule has 1 fully saturated rings. The van der Waals surface area contributed by atoms with Crippen LogP contribution in [0.3, 0.4) is 0 Å². The Morgan fingerprint density at radius 3 is 2.81 bits per heavy atom. The number of nitrogens with zero attached hydrogens (tertiary/aromatic N) is 5. The van der Waals surface area contributed by atoms with Crippen LogP contribution in [0.1, 0.15) is 22.9 Å². The summed E-state index contributed by atoms with van der Waals surface area (Å²) < 4.78 is 0.758. The van der Waals surface area contributed by atoms with Crippen molar-refractivity contribution in [3.63, 3.8) is 0 Å². The lowest BCUT2D eigenvalue weighted by Crippen LogP contribution is -2.44. The van der Waals surface area contributed by atoms with Crippen molar-refractivity contribution in [2.24, 2.45) is 0 Å². The molecule has 0 aliphatic carbocycles. The Hall–Kier alpha value is -3.80. The Balaban J connectivity index is 1.49. The number of nitriles is 1. The quantitative estimate of drug-likeness (QED) is 0.496. The number of phenols is 1. The molecule has 5 rings (SSSR count). The summed E-state index contributed by atoms with van der Waals surface area (Å²) in [7, 11) is 0. The molecule has 1 aliphatic rings. The molecule has 0 bridgehead atoms. The Morgan fingerprint density at radius 2 is 2.06 bits per heavy atom. The molecule has 1 unspecified atom stereocenters. The average Bonchev–Trinajstić information content (AvgIpc) is 3.28. The molecule has 7 nitrogen and oxygen atoms in total. The number of nitrogens with one attached hydrogen (secondary N) is 1. The second kappa shape index (κ2) is 8.38. The molecule has 1 aromatic carbocycles. The van der Waals surface area contributed by atoms with Crippen molar-refractivity contribution in [3.8, 4) is 23.3 Å². The van der Waals surface area contributed by atoms with E-state index in [1.807, 2.05) is 35.7 Å². The number of aromatic nitrogens is 3. The normalized spacial score (nSPS) is 16.1. The summed E-state index contributed by atoms with van der Waals surface area (Å²) in [5, 5.41) is 24.8. The van der Waals surface area contributed by atoms with Crippen molar-refractivity contribution in [1.82, 2.24) is 25.2 Å². The molecule has 8 heteroatoms. The van der Waals surface area contributed by atoms with Crippen LogP contribution in [0.4, 0.5) is 0 Å². The highest BCUT2D eigenvalue weighted by molar-refractivity contribution is 7.17. The first kappa shape index (κ1) is 20.1. The van der Waals surface area contributed by atoms with E-state index in [2.05, 4.69) is 32.8 Å². The highest BCUT2D eigenvalue weighted by Crippen LogP contribution is 2.34. The van der Waals surface area contributed by atoms with Gasteiger partial charge in [-0.2, -0.15) is 5.26 Å². The molecule has 158 valence electrons. The van der Waals surface area contributed by atoms with Gasteiger partial charge in [0.05, 0.1) is 10.2 Å². The van der Waals surface area contributed by atoms with Crippen LogP contribution in [0.15, 0.2) is 60.6 Å². The number of fused-ring (bicyclic) bond motifs is 1. The highest BCUT2D eigenvalue weighted by atomic mass is 32.1. The molecule has 4 aromatic rings. The molecule has 3 aromatic heterocycles. The van der Waals surface area contributed by atoms with Crippen molar-refractivity contribution in [2.45, 2.75) is 6.04 Å². The predicted molar refractivity (Wildman–Crippen MR) is 125 cm³/mol. The zero-order chi connectivity index (χ0) is 22.1. The third kappa shape index (κ3) is 3.68. The second-order valence-electron chi connectivity index (χ2n) is 7.54. The van der Waals surface area contributed by atoms with E-state index < -0.39 is 0 Å². The van der Waals surface area contributed by atoms with E-state index in [1.165, 1.54) is 11.3 Å². The Labute approximate surface area is 189 Å². The largest absolute Gasteiger partial charge is 0.508 e. The molecule has 2 N–H and O–H groups in total. The Bertz CT molecular complexity index is 1330. The minimum absolute atomic E-state index is 0.124. The monoisotopic (exact) mass is 440 g/mol. The summed E-state index contributed by atoms with van der Waals surface area (Å²) in [6.07, 6.45) is 1.69. The van der Waals surface area contributed by atoms with Crippen LogP contribution in [0, 0.1) is 11.3 Å². The maximum Gasteiger partial charge on any atom is 0.180 e. The van der Waals surface area contributed by atoms with Gasteiger partial charge < -0.3 is 15.3 Å². The number of benzene rings is 1. The lowest BCUT2D eigenvalue weighted by molar-refractivity contribution is 0.282. The molecule has 1 atom stereocenters. The maximum atomic E-state index is 9.67. The molecule has 0 spiro atoms. The van der Waals surface area contributed by atoms with Crippen molar-refractivity contribution < 1.29 is 5.11 Å². The number of hydrogen-bond acceptors (Lipinski definition) is 8. The van der Waals surface area contributed by atoms with Gasteiger partial charge >= 0.3 is 0 Å². The van der Waals surface area contributed by atoms with Crippen molar-refractivity contribution >= 4 is 27.3 Å². The summed E-state index contributed by atoms with van der Waals surface area (Å²) in [6.45, 7) is 6.74. The van der Waals surface area contributed by atoms with E-state index in [0.717, 1.165) is 46.7 Å². The van der Waals surface area contributed by atoms with Gasteiger partial charge in [0.1, 0.15) is 17.5 Å². The average molecular weight is 441 g/mol. The Morgan fingerprint density at radius 1 is 1.22 bits per heavy atom. The standard InChI is InChI=1S/C24H20N6OS/c1-15(30-11-10-27-21(13-30)16-5-7-17(31)8-6-16)18-14-32-23-20(12-25)28-24(29-22(18)23)19-4-2-3-9-26-19/h2-9,14,21,27,31H,1,10-11,13H2. The van der Waals surface area contributed by atoms with Crippen LogP contribution < -0.4 is 5.32 Å². The van der Waals surface area contributed by atoms with E-state index >= 15 is 0 Å². The summed E-state index contributed by atoms with van der Waals surface area (Å²) in [5.41, 5.74) is 4.60. The lowest BCUT2D eigenvalue weighted by Gasteiger charge is -2.36. The smallest absolute Gasteiger partial charge is 0.180 e. The fourth-order valence-corrected chi connectivity index (χ4v) is 4.86. The fraction of sp³-hybridized carbons (Fsp3) is 0.167. The van der Waals surface area contributed by atoms with Gasteiger partial charge in [-0.3, -0.25) is 4.98 Å². The topological polar surface area (TPSA) is 98.0 Å². The maximum absolute atomic E-state index is 9.67. The molecule has 4 heterocycles. The Kier molecular flexibility index (Phi) is 5.27. The number of phenolic OH excluding ortho intramolecular Hbond substituents is 1. The molecule has 0 radical (unpaired) electrons. The molecular formula is C24H20N6OS. The van der Waals surface area contributed by atoms with Gasteiger partial charge in [-0.05, 0) is 29.8 Å². The van der Waals surface area contributed by atoms with Gasteiger partial charge in [-0.25, -0.2) is 9.97 Å². The second-order valence-corrected chi connectivity index (χ2v) is 8.42. The zero-order valence-electron chi connectivity index (χ0n) is 17.2. The minimum Gasteiger partial charge on any atom is -0.508 e. The van der Waals surface area contributed by atoms with E-state index in [0.29, 0.717) is 17.2 Å². The SMILES string of the molecule is C=C(c1csc2c(C#N)nc(-c3ccccn3)nc12)N1CCNC(c2ccc(O)cc2)C1. The van der Waals surface area contributed by atoms with Gasteiger partial charge in [0, 0.05) is 48.5 Å². The molecular weight excluding hydrogens is 420 g/mol. The summed E-state index contributed by atoms with van der Waals surface area (Å²) in [5.74, 6) is 0.691. The van der Waals surface area contributed by atoms with Gasteiger partial charge in [0.2, 0.25) is 0 Å². The predicted octanol–water partition coefficient (Wildman–Crippen LogP) is 3.95. The minimum atomic E-state index is 0.124. The summed E-state index contributed by atoms with van der Waals surface area (Å²) >= 11 is 1.46. The number of piperazine rings is 1. The van der Waals surface area contributed by atoms with Crippen LogP contribution >= 0.6 is 11.3 Å². The van der Waals surface area contributed by atoms with Crippen LogP contribution in [0.25, 0.3) is 27.4 Å². The van der Waals surface area contributed by atoms with Crippen molar-refractivity contribution in [3.05, 3.63) is 77.4 Å². The number of thiophene rings is 1. The fourth-order valence-electron chi connectivity index (χ4n) is 3.90. The summed E-state index contributed by atoms with van der Waals surface area (Å²) in [6, 6.07) is 15.2. The molecule has 1 saturated heterocycles. The van der Waals surface area contributed by atoms with Gasteiger partial charge in [-0.1, -0.05) is 24.8 Å². The first-order valence-electron chi connectivity index (χ1n) is 10.2. The lowest BCUT2D eigenvalue weighted by atomic mass is 10.0. The first-order valence-corrected chi connectivity index (χ1v) is 11.1. The van der Waals surface area contributed by atoms with E-state index in [9.17, 15) is 10.4 Å². The first-order chi connectivity index (χ1) is 15.6. The molecule has 0 saturated carbocycles. The van der Waals surface area contributed by atoms with Gasteiger partial charge in [-0.15, -0.1) is 11.3 Å². The van der Waals surface area contributed by atoms with Crippen LogP contribution in [-0.4, -0.2) is 44.6 Å². The highest BCUT2D eigenvalue weighted by Gasteiger charge is 2.25. The van der Waals surface area contributed by atoms with Gasteiger partial charge in [0.25, 0.3) is 0 Å². The number of rotatable bonds is 4. The molecule has 1 aliphatic heterocycles. The van der Waals surface area contributed by atoms with Gasteiger partial charge in [0.15, 0.2) is 11.5 Å². The third-order valence-electron chi connectivity index (χ3n) is 5.58. The molecule has 32 heavy (non-hydrogen) atoms. The van der Waals surface area contributed by atoms with E-state index in [-0.39, 0.29) is 11.8 Å².